The number of aryl methyl sites for hydroxylation is 1. The zero-order chi connectivity index (χ0) is 16.1. The van der Waals surface area contributed by atoms with E-state index in [-0.39, 0.29) is 11.9 Å². The Balaban J connectivity index is 1.52. The van der Waals surface area contributed by atoms with Crippen molar-refractivity contribution >= 4 is 0 Å². The molecule has 2 heterocycles. The van der Waals surface area contributed by atoms with Gasteiger partial charge < -0.3 is 14.0 Å². The summed E-state index contributed by atoms with van der Waals surface area (Å²) < 4.78 is 26.8. The summed E-state index contributed by atoms with van der Waals surface area (Å²) in [6, 6.07) is 6.46. The van der Waals surface area contributed by atoms with Gasteiger partial charge in [-0.15, -0.1) is 10.2 Å². The first-order valence-electron chi connectivity index (χ1n) is 7.87. The van der Waals surface area contributed by atoms with Crippen LogP contribution in [0, 0.1) is 5.82 Å². The Morgan fingerprint density at radius 1 is 1.39 bits per heavy atom. The van der Waals surface area contributed by atoms with E-state index in [1.165, 1.54) is 6.07 Å². The first kappa shape index (κ1) is 15.9. The number of hydrogen-bond donors (Lipinski definition) is 0. The molecule has 1 aliphatic rings. The molecule has 0 spiro atoms. The Morgan fingerprint density at radius 2 is 2.26 bits per heavy atom. The number of benzene rings is 1. The van der Waals surface area contributed by atoms with Crippen molar-refractivity contribution in [2.75, 3.05) is 32.8 Å². The van der Waals surface area contributed by atoms with Crippen molar-refractivity contribution in [3.05, 3.63) is 42.2 Å². The fourth-order valence-electron chi connectivity index (χ4n) is 2.67. The van der Waals surface area contributed by atoms with Crippen LogP contribution in [-0.2, 0) is 11.3 Å². The second kappa shape index (κ2) is 7.52. The lowest BCUT2D eigenvalue weighted by Crippen LogP contribution is -2.41. The first-order chi connectivity index (χ1) is 11.3. The highest BCUT2D eigenvalue weighted by molar-refractivity contribution is 5.23. The van der Waals surface area contributed by atoms with E-state index >= 15 is 0 Å². The quantitative estimate of drug-likeness (QED) is 0.813. The number of para-hydroxylation sites is 1. The van der Waals surface area contributed by atoms with Gasteiger partial charge in [0.15, 0.2) is 17.4 Å². The van der Waals surface area contributed by atoms with Crippen molar-refractivity contribution in [3.63, 3.8) is 0 Å². The molecule has 6 nitrogen and oxygen atoms in total. The predicted octanol–water partition coefficient (Wildman–Crippen LogP) is 1.89. The van der Waals surface area contributed by atoms with Crippen molar-refractivity contribution in [1.29, 1.82) is 0 Å². The van der Waals surface area contributed by atoms with Crippen molar-refractivity contribution in [3.8, 4) is 5.75 Å². The van der Waals surface area contributed by atoms with E-state index in [0.717, 1.165) is 25.5 Å². The van der Waals surface area contributed by atoms with Gasteiger partial charge in [-0.3, -0.25) is 4.90 Å². The predicted molar refractivity (Wildman–Crippen MR) is 82.7 cm³/mol. The standard InChI is InChI=1S/C16H21FN4O2/c1-2-21-12-18-19-16(21)15-11-20(8-10-23-15)7-9-22-14-6-4-3-5-13(14)17/h3-6,12,15H,2,7-11H2,1H3. The minimum Gasteiger partial charge on any atom is -0.489 e. The van der Waals surface area contributed by atoms with Crippen molar-refractivity contribution in [1.82, 2.24) is 19.7 Å². The smallest absolute Gasteiger partial charge is 0.165 e. The Kier molecular flexibility index (Phi) is 5.19. The summed E-state index contributed by atoms with van der Waals surface area (Å²) in [7, 11) is 0. The molecule has 3 rings (SSSR count). The molecule has 1 saturated heterocycles. The Labute approximate surface area is 134 Å². The van der Waals surface area contributed by atoms with Crippen LogP contribution in [0.2, 0.25) is 0 Å². The van der Waals surface area contributed by atoms with Crippen LogP contribution in [0.1, 0.15) is 18.9 Å². The number of nitrogens with zero attached hydrogens (tertiary/aromatic N) is 4. The summed E-state index contributed by atoms with van der Waals surface area (Å²) in [4.78, 5) is 2.24. The minimum absolute atomic E-state index is 0.0836. The molecule has 0 radical (unpaired) electrons. The Bertz CT molecular complexity index is 634. The van der Waals surface area contributed by atoms with Gasteiger partial charge in [0.2, 0.25) is 0 Å². The normalized spacial score (nSPS) is 19.0. The van der Waals surface area contributed by atoms with Gasteiger partial charge in [-0.25, -0.2) is 4.39 Å². The highest BCUT2D eigenvalue weighted by Gasteiger charge is 2.25. The van der Waals surface area contributed by atoms with Crippen LogP contribution in [0.5, 0.6) is 5.75 Å². The molecule has 0 bridgehead atoms. The molecule has 1 aromatic heterocycles. The summed E-state index contributed by atoms with van der Waals surface area (Å²) in [5.74, 6) is 0.818. The number of rotatable bonds is 6. The van der Waals surface area contributed by atoms with E-state index in [0.29, 0.717) is 25.5 Å². The fraction of sp³-hybridized carbons (Fsp3) is 0.500. The van der Waals surface area contributed by atoms with Crippen molar-refractivity contribution in [2.45, 2.75) is 19.6 Å². The second-order valence-corrected chi connectivity index (χ2v) is 5.41. The third-order valence-electron chi connectivity index (χ3n) is 3.93. The van der Waals surface area contributed by atoms with Gasteiger partial charge in [0.25, 0.3) is 0 Å². The van der Waals surface area contributed by atoms with Gasteiger partial charge in [0.1, 0.15) is 19.0 Å². The molecule has 1 atom stereocenters. The molecule has 1 aromatic carbocycles. The van der Waals surface area contributed by atoms with Gasteiger partial charge in [0, 0.05) is 26.2 Å². The highest BCUT2D eigenvalue weighted by atomic mass is 19.1. The molecule has 124 valence electrons. The summed E-state index contributed by atoms with van der Waals surface area (Å²) in [5, 5.41) is 8.12. The molecule has 1 unspecified atom stereocenters. The molecule has 1 aliphatic heterocycles. The van der Waals surface area contributed by atoms with Crippen molar-refractivity contribution < 1.29 is 13.9 Å². The van der Waals surface area contributed by atoms with Gasteiger partial charge in [-0.2, -0.15) is 0 Å². The van der Waals surface area contributed by atoms with Gasteiger partial charge >= 0.3 is 0 Å². The molecular weight excluding hydrogens is 299 g/mol. The number of ether oxygens (including phenoxy) is 2. The molecule has 0 aliphatic carbocycles. The number of morpholine rings is 1. The van der Waals surface area contributed by atoms with Crippen LogP contribution in [0.25, 0.3) is 0 Å². The summed E-state index contributed by atoms with van der Waals surface area (Å²) >= 11 is 0. The zero-order valence-corrected chi connectivity index (χ0v) is 13.2. The summed E-state index contributed by atoms with van der Waals surface area (Å²) in [6.07, 6.45) is 1.64. The molecule has 7 heteroatoms. The largest absolute Gasteiger partial charge is 0.489 e. The molecule has 0 amide bonds. The third-order valence-corrected chi connectivity index (χ3v) is 3.93. The van der Waals surface area contributed by atoms with E-state index in [4.69, 9.17) is 9.47 Å². The fourth-order valence-corrected chi connectivity index (χ4v) is 2.67. The lowest BCUT2D eigenvalue weighted by molar-refractivity contribution is -0.0388. The molecule has 0 N–H and O–H groups in total. The molecular formula is C16H21FN4O2. The third kappa shape index (κ3) is 3.86. The lowest BCUT2D eigenvalue weighted by atomic mass is 10.2. The zero-order valence-electron chi connectivity index (χ0n) is 13.2. The average molecular weight is 320 g/mol. The molecule has 0 saturated carbocycles. The lowest BCUT2D eigenvalue weighted by Gasteiger charge is -2.32. The second-order valence-electron chi connectivity index (χ2n) is 5.41. The summed E-state index contributed by atoms with van der Waals surface area (Å²) in [5.41, 5.74) is 0. The van der Waals surface area contributed by atoms with Gasteiger partial charge in [-0.05, 0) is 19.1 Å². The van der Waals surface area contributed by atoms with Crippen LogP contribution in [0.15, 0.2) is 30.6 Å². The van der Waals surface area contributed by atoms with Crippen LogP contribution in [-0.4, -0.2) is 52.5 Å². The van der Waals surface area contributed by atoms with E-state index in [2.05, 4.69) is 22.0 Å². The SMILES string of the molecule is CCn1cnnc1C1CN(CCOc2ccccc2F)CCO1. The maximum Gasteiger partial charge on any atom is 0.165 e. The average Bonchev–Trinajstić information content (AvgIpc) is 3.06. The number of halogens is 1. The van der Waals surface area contributed by atoms with E-state index in [1.54, 1.807) is 24.5 Å². The maximum absolute atomic E-state index is 13.5. The highest BCUT2D eigenvalue weighted by Crippen LogP contribution is 2.20. The Hall–Kier alpha value is -1.99. The number of hydrogen-bond acceptors (Lipinski definition) is 5. The van der Waals surface area contributed by atoms with Gasteiger partial charge in [0.05, 0.1) is 6.61 Å². The minimum atomic E-state index is -0.330. The van der Waals surface area contributed by atoms with Crippen LogP contribution in [0.3, 0.4) is 0 Å². The van der Waals surface area contributed by atoms with Crippen LogP contribution in [0.4, 0.5) is 4.39 Å². The van der Waals surface area contributed by atoms with E-state index in [9.17, 15) is 4.39 Å². The maximum atomic E-state index is 13.5. The van der Waals surface area contributed by atoms with Crippen LogP contribution >= 0.6 is 0 Å². The first-order valence-corrected chi connectivity index (χ1v) is 7.87. The topological polar surface area (TPSA) is 52.4 Å². The van der Waals surface area contributed by atoms with Crippen LogP contribution < -0.4 is 4.74 Å². The number of aromatic nitrogens is 3. The molecule has 2 aromatic rings. The van der Waals surface area contributed by atoms with Gasteiger partial charge in [-0.1, -0.05) is 12.1 Å². The summed E-state index contributed by atoms with van der Waals surface area (Å²) in [6.45, 7) is 6.23. The van der Waals surface area contributed by atoms with Crippen molar-refractivity contribution in [2.24, 2.45) is 0 Å². The Morgan fingerprint density at radius 3 is 3.09 bits per heavy atom. The molecule has 23 heavy (non-hydrogen) atoms. The van der Waals surface area contributed by atoms with E-state index in [1.807, 2.05) is 4.57 Å². The van der Waals surface area contributed by atoms with E-state index < -0.39 is 0 Å². The monoisotopic (exact) mass is 320 g/mol. The molecule has 1 fully saturated rings.